The smallest absolute Gasteiger partial charge is 0.192 e. The molecule has 0 rings (SSSR count). The van der Waals surface area contributed by atoms with Gasteiger partial charge in [-0.2, -0.15) is 0 Å². The molecule has 0 saturated carbocycles. The molecule has 0 aliphatic carbocycles. The minimum absolute atomic E-state index is 0.260. The lowest BCUT2D eigenvalue weighted by Gasteiger charge is -2.36. The van der Waals surface area contributed by atoms with E-state index >= 15 is 0 Å². The molecule has 0 aromatic rings. The summed E-state index contributed by atoms with van der Waals surface area (Å²) in [5.41, 5.74) is 0. The molecule has 0 unspecified atom stereocenters. The average Bonchev–Trinajstić information content (AvgIpc) is 2.20. The lowest BCUT2D eigenvalue weighted by Crippen LogP contribution is -2.41. The minimum atomic E-state index is -1.61. The third-order valence-electron chi connectivity index (χ3n) is 3.09. The van der Waals surface area contributed by atoms with Gasteiger partial charge in [-0.1, -0.05) is 20.8 Å². The SMILES string of the molecule is CC(C)(C)[Si](C)(C)OCCOCCOCCCl. The highest BCUT2D eigenvalue weighted by Gasteiger charge is 2.36. The molecule has 0 aliphatic heterocycles. The number of hydrogen-bond acceptors (Lipinski definition) is 3. The number of hydrogen-bond donors (Lipinski definition) is 0. The van der Waals surface area contributed by atoms with Gasteiger partial charge in [0.05, 0.1) is 33.0 Å². The fraction of sp³-hybridized carbons (Fsp3) is 1.00. The highest BCUT2D eigenvalue weighted by molar-refractivity contribution is 6.74. The predicted molar refractivity (Wildman–Crippen MR) is 75.5 cm³/mol. The first kappa shape index (κ1) is 17.4. The molecular formula is C12H27ClO3Si. The molecule has 5 heteroatoms. The number of ether oxygens (including phenoxy) is 2. The van der Waals surface area contributed by atoms with Crippen LogP contribution in [0.1, 0.15) is 20.8 Å². The predicted octanol–water partition coefficient (Wildman–Crippen LogP) is 3.28. The quantitative estimate of drug-likeness (QED) is 0.369. The summed E-state index contributed by atoms with van der Waals surface area (Å²) in [7, 11) is -1.61. The highest BCUT2D eigenvalue weighted by atomic mass is 35.5. The number of halogens is 1. The average molecular weight is 283 g/mol. The summed E-state index contributed by atoms with van der Waals surface area (Å²) in [6.45, 7) is 14.3. The zero-order valence-electron chi connectivity index (χ0n) is 11.8. The molecule has 0 radical (unpaired) electrons. The Labute approximate surface area is 112 Å². The van der Waals surface area contributed by atoms with Gasteiger partial charge < -0.3 is 13.9 Å². The molecule has 0 bridgehead atoms. The zero-order chi connectivity index (χ0) is 13.4. The maximum Gasteiger partial charge on any atom is 0.192 e. The molecule has 0 aromatic carbocycles. The van der Waals surface area contributed by atoms with Crippen LogP contribution >= 0.6 is 11.6 Å². The molecule has 0 fully saturated rings. The molecule has 0 aromatic heterocycles. The van der Waals surface area contributed by atoms with Crippen LogP contribution in [0.3, 0.4) is 0 Å². The van der Waals surface area contributed by atoms with Gasteiger partial charge in [0, 0.05) is 5.88 Å². The van der Waals surface area contributed by atoms with Gasteiger partial charge in [0.1, 0.15) is 0 Å². The Morgan fingerprint density at radius 3 is 1.82 bits per heavy atom. The Kier molecular flexibility index (Phi) is 8.68. The topological polar surface area (TPSA) is 27.7 Å². The molecule has 3 nitrogen and oxygen atoms in total. The number of rotatable bonds is 9. The van der Waals surface area contributed by atoms with E-state index in [1.54, 1.807) is 0 Å². The van der Waals surface area contributed by atoms with E-state index in [-0.39, 0.29) is 5.04 Å². The molecule has 0 N–H and O–H groups in total. The lowest BCUT2D eigenvalue weighted by molar-refractivity contribution is 0.0392. The van der Waals surface area contributed by atoms with Crippen LogP contribution in [0, 0.1) is 0 Å². The van der Waals surface area contributed by atoms with E-state index in [0.29, 0.717) is 38.9 Å². The van der Waals surface area contributed by atoms with Crippen molar-refractivity contribution < 1.29 is 13.9 Å². The second-order valence-corrected chi connectivity index (χ2v) is 10.7. The first-order chi connectivity index (χ1) is 7.81. The zero-order valence-corrected chi connectivity index (χ0v) is 13.6. The van der Waals surface area contributed by atoms with Crippen LogP contribution in [0.25, 0.3) is 0 Å². The fourth-order valence-corrected chi connectivity index (χ4v) is 2.08. The molecular weight excluding hydrogens is 256 g/mol. The van der Waals surface area contributed by atoms with Crippen molar-refractivity contribution in [3.8, 4) is 0 Å². The number of alkyl halides is 1. The summed E-state index contributed by atoms with van der Waals surface area (Å²) in [5.74, 6) is 0.536. The molecule has 17 heavy (non-hydrogen) atoms. The Hall–Kier alpha value is 0.387. The van der Waals surface area contributed by atoms with Crippen LogP contribution in [0.2, 0.25) is 18.1 Å². The van der Waals surface area contributed by atoms with E-state index in [1.807, 2.05) is 0 Å². The molecule has 0 amide bonds. The van der Waals surface area contributed by atoms with Crippen LogP contribution < -0.4 is 0 Å². The van der Waals surface area contributed by atoms with E-state index in [1.165, 1.54) is 0 Å². The molecule has 0 heterocycles. The summed E-state index contributed by atoms with van der Waals surface area (Å²) in [6.07, 6.45) is 0. The standard InChI is InChI=1S/C12H27ClO3Si/c1-12(2,3)17(4,5)16-11-10-15-9-8-14-7-6-13/h6-11H2,1-5H3. The van der Waals surface area contributed by atoms with Crippen LogP contribution in [-0.2, 0) is 13.9 Å². The van der Waals surface area contributed by atoms with Crippen molar-refractivity contribution >= 4 is 19.9 Å². The monoisotopic (exact) mass is 282 g/mol. The van der Waals surface area contributed by atoms with E-state index in [9.17, 15) is 0 Å². The maximum absolute atomic E-state index is 5.97. The van der Waals surface area contributed by atoms with E-state index in [2.05, 4.69) is 33.9 Å². The van der Waals surface area contributed by atoms with Crippen molar-refractivity contribution in [2.24, 2.45) is 0 Å². The second-order valence-electron chi connectivity index (χ2n) is 5.52. The van der Waals surface area contributed by atoms with Gasteiger partial charge in [0.2, 0.25) is 0 Å². The normalized spacial score (nSPS) is 13.1. The Morgan fingerprint density at radius 1 is 0.882 bits per heavy atom. The summed E-state index contributed by atoms with van der Waals surface area (Å²) in [6, 6.07) is 0. The Balaban J connectivity index is 3.46. The van der Waals surface area contributed by atoms with Crippen LogP contribution in [0.4, 0.5) is 0 Å². The van der Waals surface area contributed by atoms with Crippen molar-refractivity contribution in [3.05, 3.63) is 0 Å². The summed E-state index contributed by atoms with van der Waals surface area (Å²) in [4.78, 5) is 0. The van der Waals surface area contributed by atoms with Crippen LogP contribution in [-0.4, -0.2) is 47.2 Å². The highest BCUT2D eigenvalue weighted by Crippen LogP contribution is 2.36. The van der Waals surface area contributed by atoms with Crippen molar-refractivity contribution in [3.63, 3.8) is 0 Å². The summed E-state index contributed by atoms with van der Waals surface area (Å²) >= 11 is 5.48. The minimum Gasteiger partial charge on any atom is -0.414 e. The van der Waals surface area contributed by atoms with Crippen molar-refractivity contribution in [2.45, 2.75) is 38.9 Å². The molecule has 0 atom stereocenters. The van der Waals surface area contributed by atoms with Crippen molar-refractivity contribution in [1.29, 1.82) is 0 Å². The van der Waals surface area contributed by atoms with E-state index < -0.39 is 8.32 Å². The lowest BCUT2D eigenvalue weighted by atomic mass is 10.2. The largest absolute Gasteiger partial charge is 0.414 e. The van der Waals surface area contributed by atoms with Gasteiger partial charge in [0.15, 0.2) is 8.32 Å². The van der Waals surface area contributed by atoms with Gasteiger partial charge in [-0.05, 0) is 18.1 Å². The summed E-state index contributed by atoms with van der Waals surface area (Å²) < 4.78 is 16.6. The first-order valence-corrected chi connectivity index (χ1v) is 9.61. The van der Waals surface area contributed by atoms with E-state index in [0.717, 1.165) is 0 Å². The van der Waals surface area contributed by atoms with E-state index in [4.69, 9.17) is 25.5 Å². The van der Waals surface area contributed by atoms with Crippen LogP contribution in [0.5, 0.6) is 0 Å². The van der Waals surface area contributed by atoms with Gasteiger partial charge in [-0.25, -0.2) is 0 Å². The maximum atomic E-state index is 5.97. The molecule has 0 spiro atoms. The third-order valence-corrected chi connectivity index (χ3v) is 7.78. The first-order valence-electron chi connectivity index (χ1n) is 6.16. The molecule has 0 aliphatic rings. The van der Waals surface area contributed by atoms with Gasteiger partial charge >= 0.3 is 0 Å². The van der Waals surface area contributed by atoms with Crippen LogP contribution in [0.15, 0.2) is 0 Å². The van der Waals surface area contributed by atoms with Gasteiger partial charge in [0.25, 0.3) is 0 Å². The molecule has 0 saturated heterocycles. The molecule has 104 valence electrons. The second kappa shape index (κ2) is 8.48. The van der Waals surface area contributed by atoms with Crippen molar-refractivity contribution in [1.82, 2.24) is 0 Å². The fourth-order valence-electron chi connectivity index (χ4n) is 0.949. The van der Waals surface area contributed by atoms with Gasteiger partial charge in [-0.3, -0.25) is 0 Å². The van der Waals surface area contributed by atoms with Crippen molar-refractivity contribution in [2.75, 3.05) is 38.9 Å². The third kappa shape index (κ3) is 8.16. The Bertz CT molecular complexity index is 193. The van der Waals surface area contributed by atoms with Gasteiger partial charge in [-0.15, -0.1) is 11.6 Å². The Morgan fingerprint density at radius 2 is 1.35 bits per heavy atom. The summed E-state index contributed by atoms with van der Waals surface area (Å²) in [5, 5.41) is 0.260.